The highest BCUT2D eigenvalue weighted by Gasteiger charge is 2.05. The molecule has 0 saturated heterocycles. The number of aromatic amines is 1. The van der Waals surface area contributed by atoms with E-state index < -0.39 is 6.16 Å². The molecule has 1 heterocycles. The summed E-state index contributed by atoms with van der Waals surface area (Å²) in [6, 6.07) is 7.47. The van der Waals surface area contributed by atoms with Crippen LogP contribution >= 0.6 is 0 Å². The Hall–Kier alpha value is -1.97. The maximum absolute atomic E-state index is 10.6. The van der Waals surface area contributed by atoms with Crippen molar-refractivity contribution >= 4 is 17.1 Å². The van der Waals surface area contributed by atoms with Crippen LogP contribution in [0.5, 0.6) is 5.75 Å². The molecule has 1 aromatic carbocycles. The van der Waals surface area contributed by atoms with Crippen molar-refractivity contribution in [3.8, 4) is 5.75 Å². The molecule has 0 spiro atoms. The van der Waals surface area contributed by atoms with Crippen molar-refractivity contribution < 1.29 is 14.6 Å². The molecule has 0 atom stereocenters. The highest BCUT2D eigenvalue weighted by Crippen LogP contribution is 2.22. The zero-order chi connectivity index (χ0) is 17.9. The van der Waals surface area contributed by atoms with Gasteiger partial charge in [-0.25, -0.2) is 4.79 Å². The Morgan fingerprint density at radius 3 is 2.24 bits per heavy atom. The molecule has 0 aliphatic carbocycles. The molecule has 4 nitrogen and oxygen atoms in total. The third kappa shape index (κ3) is 7.20. The van der Waals surface area contributed by atoms with Gasteiger partial charge < -0.3 is 14.8 Å². The summed E-state index contributed by atoms with van der Waals surface area (Å²) in [5.41, 5.74) is 2.14. The number of carbonyl (C=O) groups is 1. The van der Waals surface area contributed by atoms with E-state index >= 15 is 0 Å². The molecule has 2 rings (SSSR count). The van der Waals surface area contributed by atoms with Gasteiger partial charge in [-0.3, -0.25) is 0 Å². The number of benzene rings is 1. The zero-order valence-electron chi connectivity index (χ0n) is 15.4. The normalized spacial score (nSPS) is 11.1. The third-order valence-electron chi connectivity index (χ3n) is 4.65. The largest absolute Gasteiger partial charge is 0.511 e. The smallest absolute Gasteiger partial charge is 0.449 e. The lowest BCUT2D eigenvalue weighted by atomic mass is 10.1. The van der Waals surface area contributed by atoms with Crippen molar-refractivity contribution in [1.82, 2.24) is 4.98 Å². The van der Waals surface area contributed by atoms with Crippen LogP contribution in [0.1, 0.15) is 76.8 Å². The SMILES string of the molecule is CCCCCCCCCCCCc1cc2ccc(OC(=O)O)cc2[nH]1. The van der Waals surface area contributed by atoms with Crippen molar-refractivity contribution in [2.75, 3.05) is 0 Å². The molecule has 0 aliphatic heterocycles. The van der Waals surface area contributed by atoms with Crippen LogP contribution in [-0.4, -0.2) is 16.2 Å². The number of fused-ring (bicyclic) bond motifs is 1. The van der Waals surface area contributed by atoms with E-state index in [-0.39, 0.29) is 0 Å². The topological polar surface area (TPSA) is 62.3 Å². The van der Waals surface area contributed by atoms with Crippen molar-refractivity contribution in [2.24, 2.45) is 0 Å². The first kappa shape index (κ1) is 19.4. The molecule has 4 heteroatoms. The fraction of sp³-hybridized carbons (Fsp3) is 0.571. The van der Waals surface area contributed by atoms with Gasteiger partial charge in [-0.2, -0.15) is 0 Å². The number of carboxylic acid groups (broad SMARTS) is 1. The van der Waals surface area contributed by atoms with Crippen LogP contribution < -0.4 is 4.74 Å². The quantitative estimate of drug-likeness (QED) is 0.256. The highest BCUT2D eigenvalue weighted by atomic mass is 16.7. The summed E-state index contributed by atoms with van der Waals surface area (Å²) < 4.78 is 4.70. The summed E-state index contributed by atoms with van der Waals surface area (Å²) in [6.07, 6.45) is 13.2. The summed E-state index contributed by atoms with van der Waals surface area (Å²) in [5.74, 6) is 0.354. The molecule has 25 heavy (non-hydrogen) atoms. The van der Waals surface area contributed by atoms with Gasteiger partial charge in [0, 0.05) is 17.3 Å². The van der Waals surface area contributed by atoms with Gasteiger partial charge in [-0.05, 0) is 36.4 Å². The number of unbranched alkanes of at least 4 members (excludes halogenated alkanes) is 9. The van der Waals surface area contributed by atoms with Crippen molar-refractivity contribution in [1.29, 1.82) is 0 Å². The lowest BCUT2D eigenvalue weighted by Gasteiger charge is -2.02. The van der Waals surface area contributed by atoms with Crippen LogP contribution in [-0.2, 0) is 6.42 Å². The maximum Gasteiger partial charge on any atom is 0.511 e. The van der Waals surface area contributed by atoms with E-state index in [0.717, 1.165) is 17.3 Å². The predicted octanol–water partition coefficient (Wildman–Crippen LogP) is 6.69. The number of nitrogens with one attached hydrogen (secondary N) is 1. The minimum Gasteiger partial charge on any atom is -0.449 e. The second-order valence-corrected chi connectivity index (χ2v) is 6.84. The number of hydrogen-bond acceptors (Lipinski definition) is 2. The minimum absolute atomic E-state index is 0.354. The number of H-pyrrole nitrogens is 1. The monoisotopic (exact) mass is 345 g/mol. The van der Waals surface area contributed by atoms with E-state index in [1.807, 2.05) is 6.07 Å². The van der Waals surface area contributed by atoms with Crippen LogP contribution in [0, 0.1) is 0 Å². The average Bonchev–Trinajstić information content (AvgIpc) is 2.98. The molecule has 0 radical (unpaired) electrons. The van der Waals surface area contributed by atoms with Gasteiger partial charge in [0.1, 0.15) is 5.75 Å². The Morgan fingerprint density at radius 2 is 1.60 bits per heavy atom. The Kier molecular flexibility index (Phi) is 8.36. The second-order valence-electron chi connectivity index (χ2n) is 6.84. The lowest BCUT2D eigenvalue weighted by molar-refractivity contribution is 0.144. The number of hydrogen-bond donors (Lipinski definition) is 2. The minimum atomic E-state index is -1.28. The summed E-state index contributed by atoms with van der Waals surface area (Å²) in [6.45, 7) is 2.26. The van der Waals surface area contributed by atoms with Crippen molar-refractivity contribution in [2.45, 2.75) is 77.6 Å². The Labute approximate surface area is 150 Å². The first-order valence-electron chi connectivity index (χ1n) is 9.71. The number of aromatic nitrogens is 1. The standard InChI is InChI=1S/C21H31NO3/c1-2-3-4-5-6-7-8-9-10-11-12-18-15-17-13-14-19(25-21(23)24)16-20(17)22-18/h13-16,22H,2-12H2,1H3,(H,23,24). The van der Waals surface area contributed by atoms with Gasteiger partial charge in [0.15, 0.2) is 0 Å². The molecule has 0 saturated carbocycles. The first-order valence-corrected chi connectivity index (χ1v) is 9.71. The summed E-state index contributed by atoms with van der Waals surface area (Å²) in [4.78, 5) is 14.0. The molecular weight excluding hydrogens is 314 g/mol. The third-order valence-corrected chi connectivity index (χ3v) is 4.65. The van der Waals surface area contributed by atoms with Crippen LogP contribution in [0.15, 0.2) is 24.3 Å². The Bertz CT molecular complexity index is 648. The number of rotatable bonds is 12. The average molecular weight is 345 g/mol. The Balaban J connectivity index is 1.63. The van der Waals surface area contributed by atoms with E-state index in [1.54, 1.807) is 12.1 Å². The maximum atomic E-state index is 10.6. The van der Waals surface area contributed by atoms with Crippen LogP contribution in [0.4, 0.5) is 4.79 Å². The van der Waals surface area contributed by atoms with Gasteiger partial charge in [-0.15, -0.1) is 0 Å². The van der Waals surface area contributed by atoms with E-state index in [9.17, 15) is 4.79 Å². The molecule has 0 amide bonds. The molecule has 2 N–H and O–H groups in total. The zero-order valence-corrected chi connectivity index (χ0v) is 15.4. The molecular formula is C21H31NO3. The van der Waals surface area contributed by atoms with E-state index in [4.69, 9.17) is 9.84 Å². The number of aryl methyl sites for hydroxylation is 1. The Morgan fingerprint density at radius 1 is 0.960 bits per heavy atom. The first-order chi connectivity index (χ1) is 12.2. The van der Waals surface area contributed by atoms with Crippen LogP contribution in [0.3, 0.4) is 0 Å². The number of ether oxygens (including phenoxy) is 1. The highest BCUT2D eigenvalue weighted by molar-refractivity contribution is 5.82. The molecule has 0 unspecified atom stereocenters. The summed E-state index contributed by atoms with van der Waals surface area (Å²) >= 11 is 0. The molecule has 2 aromatic rings. The van der Waals surface area contributed by atoms with Crippen molar-refractivity contribution in [3.05, 3.63) is 30.0 Å². The van der Waals surface area contributed by atoms with Gasteiger partial charge in [0.05, 0.1) is 0 Å². The lowest BCUT2D eigenvalue weighted by Crippen LogP contribution is -2.02. The molecule has 0 bridgehead atoms. The van der Waals surface area contributed by atoms with E-state index in [2.05, 4.69) is 18.0 Å². The van der Waals surface area contributed by atoms with Crippen LogP contribution in [0.2, 0.25) is 0 Å². The van der Waals surface area contributed by atoms with Gasteiger partial charge in [0.25, 0.3) is 0 Å². The van der Waals surface area contributed by atoms with Crippen molar-refractivity contribution in [3.63, 3.8) is 0 Å². The molecule has 0 aliphatic rings. The van der Waals surface area contributed by atoms with Gasteiger partial charge in [0.2, 0.25) is 0 Å². The van der Waals surface area contributed by atoms with E-state index in [0.29, 0.717) is 5.75 Å². The molecule has 1 aromatic heterocycles. The summed E-state index contributed by atoms with van der Waals surface area (Å²) in [7, 11) is 0. The second kappa shape index (κ2) is 10.8. The predicted molar refractivity (Wildman–Crippen MR) is 102 cm³/mol. The summed E-state index contributed by atoms with van der Waals surface area (Å²) in [5, 5.41) is 9.77. The van der Waals surface area contributed by atoms with Crippen LogP contribution in [0.25, 0.3) is 10.9 Å². The van der Waals surface area contributed by atoms with Gasteiger partial charge >= 0.3 is 6.16 Å². The van der Waals surface area contributed by atoms with E-state index in [1.165, 1.54) is 69.9 Å². The fourth-order valence-electron chi connectivity index (χ4n) is 3.27. The molecule has 0 fully saturated rings. The fourth-order valence-corrected chi connectivity index (χ4v) is 3.27. The molecule has 138 valence electrons. The van der Waals surface area contributed by atoms with Gasteiger partial charge in [-0.1, -0.05) is 64.7 Å².